The van der Waals surface area contributed by atoms with Crippen molar-refractivity contribution in [2.45, 2.75) is 0 Å². The number of hydrogen-bond donors (Lipinski definition) is 0. The lowest BCUT2D eigenvalue weighted by atomic mass is 10.1. The molecule has 0 fully saturated rings. The lowest BCUT2D eigenvalue weighted by molar-refractivity contribution is -0.255. The topological polar surface area (TPSA) is 107 Å². The number of imidazole rings is 2. The van der Waals surface area contributed by atoms with Gasteiger partial charge in [-0.05, 0) is 23.8 Å². The Bertz CT molecular complexity index is 651. The van der Waals surface area contributed by atoms with Crippen LogP contribution < -0.4 is 15.1 Å². The van der Waals surface area contributed by atoms with Crippen LogP contribution in [0.25, 0.3) is 23.0 Å². The zero-order chi connectivity index (χ0) is 13.2. The Morgan fingerprint density at radius 3 is 1.89 bits per heavy atom. The smallest absolute Gasteiger partial charge is 0.0716 e. The number of carbonyl (C=O) groups excluding carboxylic acids is 1. The van der Waals surface area contributed by atoms with Gasteiger partial charge < -0.3 is 29.8 Å². The minimum atomic E-state index is -1.30. The van der Waals surface area contributed by atoms with Gasteiger partial charge in [0.2, 0.25) is 0 Å². The van der Waals surface area contributed by atoms with Gasteiger partial charge in [0.15, 0.2) is 0 Å². The van der Waals surface area contributed by atoms with E-state index in [-0.39, 0.29) is 5.56 Å². The summed E-state index contributed by atoms with van der Waals surface area (Å²) in [5, 5.41) is 11.0. The van der Waals surface area contributed by atoms with Crippen LogP contribution in [0.4, 0.5) is 0 Å². The van der Waals surface area contributed by atoms with Crippen molar-refractivity contribution in [1.29, 1.82) is 0 Å². The molecule has 3 rings (SSSR count). The zero-order valence-electron chi connectivity index (χ0n) is 9.52. The van der Waals surface area contributed by atoms with E-state index in [2.05, 4.69) is 24.9 Å². The number of rotatable bonds is 3. The van der Waals surface area contributed by atoms with Gasteiger partial charge in [0.05, 0.1) is 17.4 Å². The molecule has 0 aliphatic carbocycles. The highest BCUT2D eigenvalue weighted by Gasteiger charge is 2.04. The summed E-state index contributed by atoms with van der Waals surface area (Å²) in [5.41, 5.74) is 0.660. The molecule has 0 amide bonds. The first-order valence-electron chi connectivity index (χ1n) is 5.35. The van der Waals surface area contributed by atoms with Crippen LogP contribution in [-0.2, 0) is 0 Å². The Balaban J connectivity index is 2.18. The van der Waals surface area contributed by atoms with Crippen molar-refractivity contribution < 1.29 is 9.90 Å². The van der Waals surface area contributed by atoms with Gasteiger partial charge in [-0.1, -0.05) is 24.8 Å². The fourth-order valence-electron chi connectivity index (χ4n) is 1.62. The van der Waals surface area contributed by atoms with Crippen molar-refractivity contribution in [3.63, 3.8) is 0 Å². The molecular weight excluding hydrogens is 246 g/mol. The first-order chi connectivity index (χ1) is 9.24. The molecule has 0 atom stereocenters. The number of aromatic nitrogens is 5. The van der Waals surface area contributed by atoms with Crippen molar-refractivity contribution in [3.8, 4) is 23.0 Å². The number of carboxylic acids is 1. The highest BCUT2D eigenvalue weighted by molar-refractivity contribution is 5.88. The molecule has 0 bridgehead atoms. The minimum Gasteiger partial charge on any atom is -0.545 e. The fourth-order valence-corrected chi connectivity index (χ4v) is 1.62. The Labute approximate surface area is 107 Å². The second kappa shape index (κ2) is 4.37. The van der Waals surface area contributed by atoms with E-state index in [0.29, 0.717) is 23.0 Å². The maximum absolute atomic E-state index is 11.0. The van der Waals surface area contributed by atoms with E-state index >= 15 is 0 Å². The maximum atomic E-state index is 11.0. The van der Waals surface area contributed by atoms with Crippen molar-refractivity contribution in [2.75, 3.05) is 0 Å². The standard InChI is InChI=1S/C12H8N5O2/c18-12(19)7-5-8(10-13-1-2-14-10)17-9(6-7)11-15-3-4-16-11/h1-6H,(H2-,13,14,15,16,17,18,19)/q-1/p-2. The molecule has 0 saturated carbocycles. The number of pyridine rings is 1. The van der Waals surface area contributed by atoms with E-state index in [0.717, 1.165) is 0 Å². The Morgan fingerprint density at radius 2 is 1.53 bits per heavy atom. The molecule has 3 heterocycles. The Hall–Kier alpha value is -2.96. The zero-order valence-corrected chi connectivity index (χ0v) is 9.52. The quantitative estimate of drug-likeness (QED) is 0.617. The van der Waals surface area contributed by atoms with Crippen LogP contribution in [0, 0.1) is 0 Å². The largest absolute Gasteiger partial charge is 0.545 e. The first kappa shape index (κ1) is 11.1. The number of hydrogen-bond acceptors (Lipinski definition) is 5. The summed E-state index contributed by atoms with van der Waals surface area (Å²) in [7, 11) is 0. The Kier molecular flexibility index (Phi) is 2.57. The predicted octanol–water partition coefficient (Wildman–Crippen LogP) is -0.517. The molecule has 19 heavy (non-hydrogen) atoms. The highest BCUT2D eigenvalue weighted by atomic mass is 16.4. The van der Waals surface area contributed by atoms with Gasteiger partial charge in [0.1, 0.15) is 0 Å². The van der Waals surface area contributed by atoms with Gasteiger partial charge in [-0.2, -0.15) is 0 Å². The Morgan fingerprint density at radius 1 is 1.00 bits per heavy atom. The second-order valence-electron chi connectivity index (χ2n) is 3.67. The molecule has 0 spiro atoms. The third-order valence-electron chi connectivity index (χ3n) is 2.44. The number of aromatic carboxylic acids is 1. The lowest BCUT2D eigenvalue weighted by Gasteiger charge is -2.12. The summed E-state index contributed by atoms with van der Waals surface area (Å²) in [6, 6.07) is 2.72. The lowest BCUT2D eigenvalue weighted by Crippen LogP contribution is -2.22. The van der Waals surface area contributed by atoms with Gasteiger partial charge in [0, 0.05) is 5.56 Å². The molecule has 0 saturated heterocycles. The average molecular weight is 252 g/mol. The van der Waals surface area contributed by atoms with Gasteiger partial charge >= 0.3 is 0 Å². The van der Waals surface area contributed by atoms with Crippen LogP contribution in [0.2, 0.25) is 0 Å². The molecule has 94 valence electrons. The molecule has 7 nitrogen and oxygen atoms in total. The van der Waals surface area contributed by atoms with Crippen molar-refractivity contribution >= 4 is 5.97 Å². The molecule has 7 heteroatoms. The summed E-state index contributed by atoms with van der Waals surface area (Å²) >= 11 is 0. The van der Waals surface area contributed by atoms with E-state index in [1.54, 1.807) is 0 Å². The fraction of sp³-hybridized carbons (Fsp3) is 0. The summed E-state index contributed by atoms with van der Waals surface area (Å²) in [6.07, 6.45) is 6.01. The molecular formula is C12H6N5O2-3. The van der Waals surface area contributed by atoms with Gasteiger partial charge in [-0.3, -0.25) is 0 Å². The molecule has 0 aliphatic heterocycles. The van der Waals surface area contributed by atoms with E-state index in [1.165, 1.54) is 36.9 Å². The van der Waals surface area contributed by atoms with E-state index in [9.17, 15) is 9.90 Å². The first-order valence-corrected chi connectivity index (χ1v) is 5.35. The molecule has 0 N–H and O–H groups in total. The van der Waals surface area contributed by atoms with Crippen LogP contribution in [0.3, 0.4) is 0 Å². The average Bonchev–Trinajstić information content (AvgIpc) is 3.11. The van der Waals surface area contributed by atoms with Gasteiger partial charge in [-0.15, -0.1) is 0 Å². The molecule has 3 aromatic rings. The molecule has 0 unspecified atom stereocenters. The highest BCUT2D eigenvalue weighted by Crippen LogP contribution is 2.19. The number of nitrogens with zero attached hydrogens (tertiary/aromatic N) is 5. The van der Waals surface area contributed by atoms with Crippen LogP contribution in [-0.4, -0.2) is 20.9 Å². The third kappa shape index (κ3) is 2.08. The minimum absolute atomic E-state index is 0.0189. The van der Waals surface area contributed by atoms with Crippen LogP contribution in [0.5, 0.6) is 0 Å². The van der Waals surface area contributed by atoms with Crippen molar-refractivity contribution in [1.82, 2.24) is 24.9 Å². The van der Waals surface area contributed by atoms with Gasteiger partial charge in [0.25, 0.3) is 0 Å². The van der Waals surface area contributed by atoms with E-state index in [4.69, 9.17) is 0 Å². The third-order valence-corrected chi connectivity index (χ3v) is 2.44. The van der Waals surface area contributed by atoms with Crippen LogP contribution in [0.15, 0.2) is 36.9 Å². The van der Waals surface area contributed by atoms with Crippen LogP contribution in [0.1, 0.15) is 10.4 Å². The normalized spacial score (nSPS) is 10.5. The second-order valence-corrected chi connectivity index (χ2v) is 3.67. The number of carboxylic acid groups (broad SMARTS) is 1. The van der Waals surface area contributed by atoms with Gasteiger partial charge in [-0.25, -0.2) is 4.98 Å². The SMILES string of the molecule is O=C([O-])c1cc(-c2ncc[n-]2)nc(-c2ncc[n-]2)c1. The maximum Gasteiger partial charge on any atom is 0.0716 e. The molecule has 3 aromatic heterocycles. The van der Waals surface area contributed by atoms with Crippen molar-refractivity contribution in [3.05, 3.63) is 42.5 Å². The summed E-state index contributed by atoms with van der Waals surface area (Å²) in [4.78, 5) is 31.2. The summed E-state index contributed by atoms with van der Waals surface area (Å²) in [6.45, 7) is 0. The predicted molar refractivity (Wildman–Crippen MR) is 61.7 cm³/mol. The summed E-state index contributed by atoms with van der Waals surface area (Å²) < 4.78 is 0. The molecule has 0 aliphatic rings. The van der Waals surface area contributed by atoms with E-state index < -0.39 is 5.97 Å². The van der Waals surface area contributed by atoms with E-state index in [1.807, 2.05) is 0 Å². The molecule has 0 aromatic carbocycles. The monoisotopic (exact) mass is 252 g/mol. The van der Waals surface area contributed by atoms with Crippen LogP contribution >= 0.6 is 0 Å². The van der Waals surface area contributed by atoms with Crippen molar-refractivity contribution in [2.24, 2.45) is 0 Å². The number of carbonyl (C=O) groups is 1. The molecule has 0 radical (unpaired) electrons. The summed E-state index contributed by atoms with van der Waals surface area (Å²) in [5.74, 6) is -0.616.